The maximum Gasteiger partial charge on any atom is 0.278 e. The first-order chi connectivity index (χ1) is 7.83. The molecule has 84 valence electrons. The highest BCUT2D eigenvalue weighted by molar-refractivity contribution is 5.47. The van der Waals surface area contributed by atoms with E-state index in [1.54, 1.807) is 6.92 Å². The molecule has 1 atom stereocenters. The number of nitrogens with zero attached hydrogens (tertiary/aromatic N) is 3. The molecule has 0 bridgehead atoms. The zero-order valence-corrected chi connectivity index (χ0v) is 9.03. The van der Waals surface area contributed by atoms with E-state index in [4.69, 9.17) is 4.52 Å². The van der Waals surface area contributed by atoms with Crippen molar-refractivity contribution in [1.82, 2.24) is 25.7 Å². The van der Waals surface area contributed by atoms with Crippen molar-refractivity contribution >= 4 is 0 Å². The van der Waals surface area contributed by atoms with Crippen LogP contribution in [0.3, 0.4) is 0 Å². The van der Waals surface area contributed by atoms with Gasteiger partial charge in [-0.25, -0.2) is 0 Å². The van der Waals surface area contributed by atoms with Crippen LogP contribution in [0, 0.1) is 6.92 Å². The molecule has 1 aliphatic heterocycles. The van der Waals surface area contributed by atoms with E-state index in [0.717, 1.165) is 30.9 Å². The first kappa shape index (κ1) is 9.53. The largest absolute Gasteiger partial charge is 0.332 e. The fourth-order valence-corrected chi connectivity index (χ4v) is 1.98. The Labute approximate surface area is 92.4 Å². The van der Waals surface area contributed by atoms with E-state index in [1.165, 1.54) is 0 Å². The molecule has 3 rings (SSSR count). The van der Waals surface area contributed by atoms with Crippen molar-refractivity contribution in [2.75, 3.05) is 13.1 Å². The summed E-state index contributed by atoms with van der Waals surface area (Å²) in [6, 6.07) is 1.99. The quantitative estimate of drug-likeness (QED) is 0.782. The molecule has 2 N–H and O–H groups in total. The van der Waals surface area contributed by atoms with Gasteiger partial charge in [-0.2, -0.15) is 10.1 Å². The number of hydrogen-bond donors (Lipinski definition) is 2. The highest BCUT2D eigenvalue weighted by Gasteiger charge is 2.20. The Bertz CT molecular complexity index is 483. The van der Waals surface area contributed by atoms with Gasteiger partial charge in [-0.05, 0) is 26.0 Å². The minimum atomic E-state index is 0.478. The van der Waals surface area contributed by atoms with Crippen LogP contribution in [0.2, 0.25) is 0 Å². The Kier molecular flexibility index (Phi) is 2.21. The molecule has 0 aliphatic carbocycles. The summed E-state index contributed by atoms with van der Waals surface area (Å²) in [4.78, 5) is 4.14. The summed E-state index contributed by atoms with van der Waals surface area (Å²) in [7, 11) is 0. The molecule has 16 heavy (non-hydrogen) atoms. The summed E-state index contributed by atoms with van der Waals surface area (Å²) in [6.07, 6.45) is 1.14. The van der Waals surface area contributed by atoms with Crippen molar-refractivity contribution in [3.8, 4) is 11.6 Å². The number of aromatic amines is 1. The smallest absolute Gasteiger partial charge is 0.278 e. The summed E-state index contributed by atoms with van der Waals surface area (Å²) in [5, 5.41) is 14.3. The molecular weight excluding hydrogens is 206 g/mol. The molecule has 1 unspecified atom stereocenters. The Balaban J connectivity index is 1.87. The lowest BCUT2D eigenvalue weighted by atomic mass is 10.1. The van der Waals surface area contributed by atoms with Gasteiger partial charge in [-0.1, -0.05) is 5.16 Å². The van der Waals surface area contributed by atoms with Gasteiger partial charge in [0.15, 0.2) is 11.5 Å². The molecule has 2 aromatic rings. The normalized spacial score (nSPS) is 20.4. The van der Waals surface area contributed by atoms with Crippen molar-refractivity contribution in [3.05, 3.63) is 17.6 Å². The van der Waals surface area contributed by atoms with Gasteiger partial charge in [0.25, 0.3) is 5.89 Å². The van der Waals surface area contributed by atoms with Gasteiger partial charge in [0.2, 0.25) is 0 Å². The highest BCUT2D eigenvalue weighted by atomic mass is 16.5. The minimum Gasteiger partial charge on any atom is -0.332 e. The molecule has 6 nitrogen and oxygen atoms in total. The van der Waals surface area contributed by atoms with Crippen LogP contribution in [0.5, 0.6) is 0 Å². The van der Waals surface area contributed by atoms with E-state index in [1.807, 2.05) is 6.07 Å². The van der Waals surface area contributed by atoms with Crippen LogP contribution in [0.25, 0.3) is 11.6 Å². The predicted octanol–water partition coefficient (Wildman–Crippen LogP) is 0.845. The number of aromatic nitrogens is 4. The first-order valence-electron chi connectivity index (χ1n) is 5.39. The van der Waals surface area contributed by atoms with Crippen LogP contribution < -0.4 is 5.32 Å². The van der Waals surface area contributed by atoms with E-state index in [0.29, 0.717) is 17.6 Å². The standard InChI is InChI=1S/C10H13N5O/c1-6-12-10(16-15-6)9-4-8(13-14-9)7-2-3-11-5-7/h4,7,11H,2-3,5H2,1H3,(H,13,14). The fraction of sp³-hybridized carbons (Fsp3) is 0.500. The molecule has 0 spiro atoms. The molecule has 1 fully saturated rings. The molecule has 6 heteroatoms. The zero-order valence-electron chi connectivity index (χ0n) is 9.03. The maximum absolute atomic E-state index is 5.07. The maximum atomic E-state index is 5.07. The van der Waals surface area contributed by atoms with Crippen LogP contribution in [-0.4, -0.2) is 33.4 Å². The lowest BCUT2D eigenvalue weighted by Crippen LogP contribution is -2.08. The summed E-state index contributed by atoms with van der Waals surface area (Å²) < 4.78 is 5.07. The molecule has 2 aromatic heterocycles. The highest BCUT2D eigenvalue weighted by Crippen LogP contribution is 2.24. The van der Waals surface area contributed by atoms with Crippen LogP contribution >= 0.6 is 0 Å². The van der Waals surface area contributed by atoms with Crippen molar-refractivity contribution in [1.29, 1.82) is 0 Å². The van der Waals surface area contributed by atoms with Crippen LogP contribution in [0.1, 0.15) is 23.9 Å². The van der Waals surface area contributed by atoms with E-state index in [9.17, 15) is 0 Å². The van der Waals surface area contributed by atoms with E-state index < -0.39 is 0 Å². The third-order valence-electron chi connectivity index (χ3n) is 2.84. The average molecular weight is 219 g/mol. The van der Waals surface area contributed by atoms with Gasteiger partial charge >= 0.3 is 0 Å². The third-order valence-corrected chi connectivity index (χ3v) is 2.84. The van der Waals surface area contributed by atoms with Gasteiger partial charge in [0, 0.05) is 18.2 Å². The fourth-order valence-electron chi connectivity index (χ4n) is 1.98. The van der Waals surface area contributed by atoms with E-state index in [-0.39, 0.29) is 0 Å². The molecule has 0 saturated carbocycles. The van der Waals surface area contributed by atoms with Gasteiger partial charge in [-0.3, -0.25) is 5.10 Å². The van der Waals surface area contributed by atoms with Gasteiger partial charge < -0.3 is 9.84 Å². The van der Waals surface area contributed by atoms with Gasteiger partial charge in [0.05, 0.1) is 0 Å². The summed E-state index contributed by atoms with van der Waals surface area (Å²) in [6.45, 7) is 3.87. The first-order valence-corrected chi connectivity index (χ1v) is 5.39. The third kappa shape index (κ3) is 1.61. The minimum absolute atomic E-state index is 0.478. The van der Waals surface area contributed by atoms with E-state index >= 15 is 0 Å². The van der Waals surface area contributed by atoms with Crippen molar-refractivity contribution in [2.45, 2.75) is 19.3 Å². The number of rotatable bonds is 2. The molecule has 1 aliphatic rings. The number of aryl methyl sites for hydroxylation is 1. The molecule has 0 radical (unpaired) electrons. The summed E-state index contributed by atoms with van der Waals surface area (Å²) >= 11 is 0. The SMILES string of the molecule is Cc1noc(-c2cc(C3CCNC3)[nH]n2)n1. The summed E-state index contributed by atoms with van der Waals surface area (Å²) in [5.74, 6) is 1.62. The van der Waals surface area contributed by atoms with Gasteiger partial charge in [0.1, 0.15) is 0 Å². The second kappa shape index (κ2) is 3.71. The topological polar surface area (TPSA) is 79.6 Å². The number of nitrogens with one attached hydrogen (secondary N) is 2. The Morgan fingerprint density at radius 2 is 2.44 bits per heavy atom. The lowest BCUT2D eigenvalue weighted by molar-refractivity contribution is 0.424. The average Bonchev–Trinajstić information content (AvgIpc) is 2.97. The van der Waals surface area contributed by atoms with Crippen LogP contribution in [0.15, 0.2) is 10.6 Å². The van der Waals surface area contributed by atoms with Crippen LogP contribution in [-0.2, 0) is 0 Å². The van der Waals surface area contributed by atoms with Crippen molar-refractivity contribution in [2.24, 2.45) is 0 Å². The second-order valence-electron chi connectivity index (χ2n) is 4.04. The van der Waals surface area contributed by atoms with E-state index in [2.05, 4.69) is 25.7 Å². The molecule has 3 heterocycles. The Morgan fingerprint density at radius 3 is 3.12 bits per heavy atom. The molecule has 0 amide bonds. The Morgan fingerprint density at radius 1 is 1.50 bits per heavy atom. The molecule has 1 saturated heterocycles. The number of H-pyrrole nitrogens is 1. The predicted molar refractivity (Wildman–Crippen MR) is 56.8 cm³/mol. The van der Waals surface area contributed by atoms with Crippen LogP contribution in [0.4, 0.5) is 0 Å². The van der Waals surface area contributed by atoms with Crippen molar-refractivity contribution in [3.63, 3.8) is 0 Å². The molecule has 0 aromatic carbocycles. The summed E-state index contributed by atoms with van der Waals surface area (Å²) in [5.41, 5.74) is 1.86. The lowest BCUT2D eigenvalue weighted by Gasteiger charge is -2.02. The zero-order chi connectivity index (χ0) is 11.0. The van der Waals surface area contributed by atoms with Gasteiger partial charge in [-0.15, -0.1) is 0 Å². The second-order valence-corrected chi connectivity index (χ2v) is 4.04. The monoisotopic (exact) mass is 219 g/mol. The number of hydrogen-bond acceptors (Lipinski definition) is 5. The molecular formula is C10H13N5O. The van der Waals surface area contributed by atoms with Crippen molar-refractivity contribution < 1.29 is 4.52 Å². The Hall–Kier alpha value is -1.69.